The van der Waals surface area contributed by atoms with Crippen molar-refractivity contribution in [2.45, 2.75) is 52.4 Å². The van der Waals surface area contributed by atoms with Gasteiger partial charge in [-0.1, -0.05) is 51.0 Å². The Labute approximate surface area is 136 Å². The van der Waals surface area contributed by atoms with E-state index in [1.54, 1.807) is 11.1 Å². The van der Waals surface area contributed by atoms with Crippen molar-refractivity contribution in [3.63, 3.8) is 0 Å². The molecule has 2 heteroatoms. The van der Waals surface area contributed by atoms with Crippen LogP contribution in [0, 0.1) is 5.41 Å². The van der Waals surface area contributed by atoms with Crippen molar-refractivity contribution in [2.75, 3.05) is 25.4 Å². The van der Waals surface area contributed by atoms with Crippen LogP contribution in [0.3, 0.4) is 0 Å². The minimum absolute atomic E-state index is 0.420. The fourth-order valence-corrected chi connectivity index (χ4v) is 4.31. The first-order valence-electron chi connectivity index (χ1n) is 8.63. The maximum absolute atomic E-state index is 4.72. The number of nitrogens with zero attached hydrogens (tertiary/aromatic N) is 1. The molecule has 1 aromatic carbocycles. The van der Waals surface area contributed by atoms with E-state index >= 15 is 0 Å². The molecular formula is C19H31NS. The molecule has 0 aromatic heterocycles. The first kappa shape index (κ1) is 16.9. The molecule has 1 aromatic rings. The van der Waals surface area contributed by atoms with Crippen molar-refractivity contribution >= 4 is 12.6 Å². The zero-order chi connectivity index (χ0) is 15.1. The van der Waals surface area contributed by atoms with Gasteiger partial charge in [-0.25, -0.2) is 0 Å². The quantitative estimate of drug-likeness (QED) is 0.720. The molecule has 0 spiro atoms. The average molecular weight is 306 g/mol. The Bertz CT molecular complexity index is 396. The normalized spacial score (nSPS) is 16.5. The summed E-state index contributed by atoms with van der Waals surface area (Å²) in [5.41, 5.74) is 3.54. The number of benzene rings is 1. The van der Waals surface area contributed by atoms with E-state index in [0.29, 0.717) is 5.41 Å². The molecule has 0 saturated carbocycles. The van der Waals surface area contributed by atoms with E-state index in [1.165, 1.54) is 58.2 Å². The summed E-state index contributed by atoms with van der Waals surface area (Å²) in [6.07, 6.45) is 7.58. The fraction of sp³-hybridized carbons (Fsp3) is 0.684. The third-order valence-corrected chi connectivity index (χ3v) is 5.64. The molecule has 1 heterocycles. The second kappa shape index (κ2) is 8.24. The standard InChI is InChI=1S/C19H31NS/c1-3-11-19(16-21,12-4-2)15-20-13-9-17-7-5-6-8-18(17)10-14-20/h5-8,21H,3-4,9-16H2,1-2H3. The highest BCUT2D eigenvalue weighted by molar-refractivity contribution is 7.80. The summed E-state index contributed by atoms with van der Waals surface area (Å²) >= 11 is 4.72. The van der Waals surface area contributed by atoms with E-state index in [9.17, 15) is 0 Å². The number of fused-ring (bicyclic) bond motifs is 1. The lowest BCUT2D eigenvalue weighted by Gasteiger charge is -2.37. The fourth-order valence-electron chi connectivity index (χ4n) is 3.90. The van der Waals surface area contributed by atoms with Crippen molar-refractivity contribution in [3.05, 3.63) is 35.4 Å². The van der Waals surface area contributed by atoms with Crippen LogP contribution >= 0.6 is 12.6 Å². The summed E-state index contributed by atoms with van der Waals surface area (Å²) in [5, 5.41) is 0. The predicted molar refractivity (Wildman–Crippen MR) is 96.4 cm³/mol. The molecule has 0 saturated heterocycles. The van der Waals surface area contributed by atoms with Crippen LogP contribution in [-0.4, -0.2) is 30.3 Å². The summed E-state index contributed by atoms with van der Waals surface area (Å²) in [6, 6.07) is 8.98. The summed E-state index contributed by atoms with van der Waals surface area (Å²) in [6.45, 7) is 8.27. The van der Waals surface area contributed by atoms with Crippen LogP contribution in [0.25, 0.3) is 0 Å². The molecule has 1 aliphatic rings. The van der Waals surface area contributed by atoms with Gasteiger partial charge in [0.15, 0.2) is 0 Å². The molecule has 2 rings (SSSR count). The van der Waals surface area contributed by atoms with Gasteiger partial charge in [0.25, 0.3) is 0 Å². The molecule has 1 nitrogen and oxygen atoms in total. The molecule has 0 N–H and O–H groups in total. The van der Waals surface area contributed by atoms with Crippen LogP contribution in [0.2, 0.25) is 0 Å². The van der Waals surface area contributed by atoms with Crippen molar-refractivity contribution in [1.29, 1.82) is 0 Å². The first-order chi connectivity index (χ1) is 10.2. The highest BCUT2D eigenvalue weighted by atomic mass is 32.1. The Balaban J connectivity index is 2.02. The second-order valence-corrected chi connectivity index (χ2v) is 7.02. The Kier molecular flexibility index (Phi) is 6.63. The van der Waals surface area contributed by atoms with Crippen LogP contribution in [0.5, 0.6) is 0 Å². The van der Waals surface area contributed by atoms with Gasteiger partial charge in [-0.3, -0.25) is 0 Å². The Hall–Kier alpha value is -0.470. The zero-order valence-electron chi connectivity index (χ0n) is 13.8. The minimum Gasteiger partial charge on any atom is -0.302 e. The Morgan fingerprint density at radius 1 is 1.00 bits per heavy atom. The molecule has 0 fully saturated rings. The molecule has 21 heavy (non-hydrogen) atoms. The molecule has 0 amide bonds. The molecule has 0 bridgehead atoms. The van der Waals surface area contributed by atoms with Crippen molar-refractivity contribution in [3.8, 4) is 0 Å². The third kappa shape index (κ3) is 4.50. The van der Waals surface area contributed by atoms with Crippen LogP contribution in [-0.2, 0) is 12.8 Å². The van der Waals surface area contributed by atoms with E-state index in [2.05, 4.69) is 43.0 Å². The summed E-state index contributed by atoms with van der Waals surface area (Å²) < 4.78 is 0. The minimum atomic E-state index is 0.420. The van der Waals surface area contributed by atoms with Crippen LogP contribution in [0.4, 0.5) is 0 Å². The van der Waals surface area contributed by atoms with Crippen molar-refractivity contribution in [2.24, 2.45) is 5.41 Å². The van der Waals surface area contributed by atoms with Crippen molar-refractivity contribution in [1.82, 2.24) is 4.90 Å². The van der Waals surface area contributed by atoms with Gasteiger partial charge >= 0.3 is 0 Å². The highest BCUT2D eigenvalue weighted by Gasteiger charge is 2.29. The van der Waals surface area contributed by atoms with Crippen molar-refractivity contribution < 1.29 is 0 Å². The van der Waals surface area contributed by atoms with Gasteiger partial charge < -0.3 is 4.90 Å². The molecule has 1 aliphatic heterocycles. The largest absolute Gasteiger partial charge is 0.302 e. The van der Waals surface area contributed by atoms with Gasteiger partial charge in [0.05, 0.1) is 0 Å². The topological polar surface area (TPSA) is 3.24 Å². The van der Waals surface area contributed by atoms with Gasteiger partial charge in [-0.15, -0.1) is 0 Å². The van der Waals surface area contributed by atoms with Gasteiger partial charge in [-0.2, -0.15) is 12.6 Å². The lowest BCUT2D eigenvalue weighted by atomic mass is 9.80. The number of hydrogen-bond acceptors (Lipinski definition) is 2. The Morgan fingerprint density at radius 3 is 1.95 bits per heavy atom. The van der Waals surface area contributed by atoms with Gasteiger partial charge in [0.2, 0.25) is 0 Å². The van der Waals surface area contributed by atoms with E-state index in [0.717, 1.165) is 5.75 Å². The average Bonchev–Trinajstić information content (AvgIpc) is 2.70. The van der Waals surface area contributed by atoms with Gasteiger partial charge in [-0.05, 0) is 48.0 Å². The summed E-state index contributed by atoms with van der Waals surface area (Å²) in [4.78, 5) is 2.70. The molecule has 0 radical (unpaired) electrons. The lowest BCUT2D eigenvalue weighted by Crippen LogP contribution is -2.40. The molecule has 0 unspecified atom stereocenters. The number of hydrogen-bond donors (Lipinski definition) is 1. The maximum atomic E-state index is 4.72. The van der Waals surface area contributed by atoms with Crippen LogP contribution in [0.15, 0.2) is 24.3 Å². The van der Waals surface area contributed by atoms with Gasteiger partial charge in [0, 0.05) is 19.6 Å². The number of thiol groups is 1. The SMILES string of the molecule is CCCC(CS)(CCC)CN1CCc2ccccc2CC1. The summed E-state index contributed by atoms with van der Waals surface area (Å²) in [7, 11) is 0. The number of rotatable bonds is 7. The van der Waals surface area contributed by atoms with E-state index in [4.69, 9.17) is 12.6 Å². The van der Waals surface area contributed by atoms with E-state index in [1.807, 2.05) is 0 Å². The smallest absolute Gasteiger partial charge is 0.00460 e. The lowest BCUT2D eigenvalue weighted by molar-refractivity contribution is 0.151. The third-order valence-electron chi connectivity index (χ3n) is 4.97. The molecule has 0 aliphatic carbocycles. The summed E-state index contributed by atoms with van der Waals surface area (Å²) in [5.74, 6) is 1.03. The van der Waals surface area contributed by atoms with E-state index in [-0.39, 0.29) is 0 Å². The van der Waals surface area contributed by atoms with Gasteiger partial charge in [0.1, 0.15) is 0 Å². The Morgan fingerprint density at radius 2 is 1.52 bits per heavy atom. The molecular weight excluding hydrogens is 274 g/mol. The molecule has 0 atom stereocenters. The van der Waals surface area contributed by atoms with Crippen LogP contribution in [0.1, 0.15) is 50.7 Å². The first-order valence-corrected chi connectivity index (χ1v) is 9.26. The van der Waals surface area contributed by atoms with E-state index < -0.39 is 0 Å². The van der Waals surface area contributed by atoms with Crippen LogP contribution < -0.4 is 0 Å². The highest BCUT2D eigenvalue weighted by Crippen LogP contribution is 2.33. The monoisotopic (exact) mass is 305 g/mol. The second-order valence-electron chi connectivity index (χ2n) is 6.70. The maximum Gasteiger partial charge on any atom is 0.00460 e. The molecule has 118 valence electrons. The zero-order valence-corrected chi connectivity index (χ0v) is 14.7. The predicted octanol–water partition coefficient (Wildman–Crippen LogP) is 4.60.